The van der Waals surface area contributed by atoms with Gasteiger partial charge in [0.1, 0.15) is 5.69 Å². The van der Waals surface area contributed by atoms with Crippen molar-refractivity contribution in [1.29, 1.82) is 0 Å². The fourth-order valence-electron chi connectivity index (χ4n) is 2.27. The molecule has 0 saturated carbocycles. The van der Waals surface area contributed by atoms with E-state index in [0.29, 0.717) is 38.2 Å². The Morgan fingerprint density at radius 2 is 2.11 bits per heavy atom. The maximum atomic E-state index is 12.1. The number of esters is 1. The second-order valence-corrected chi connectivity index (χ2v) is 4.69. The first-order valence-electron chi connectivity index (χ1n) is 6.57. The number of hydrogen-bond acceptors (Lipinski definition) is 4. The second kappa shape index (κ2) is 5.86. The predicted octanol–water partition coefficient (Wildman–Crippen LogP) is 0.835. The van der Waals surface area contributed by atoms with Crippen LogP contribution in [0, 0.1) is 5.92 Å². The summed E-state index contributed by atoms with van der Waals surface area (Å²) in [5, 5.41) is 4.10. The van der Waals surface area contributed by atoms with Crippen molar-refractivity contribution in [2.45, 2.75) is 19.8 Å². The third-order valence-corrected chi connectivity index (χ3v) is 3.33. The molecule has 0 aliphatic carbocycles. The molecule has 0 radical (unpaired) electrons. The van der Waals surface area contributed by atoms with Gasteiger partial charge in [0.25, 0.3) is 5.91 Å². The molecule has 104 valence electrons. The van der Waals surface area contributed by atoms with Crippen LogP contribution in [0.5, 0.6) is 0 Å². The van der Waals surface area contributed by atoms with Crippen molar-refractivity contribution in [2.24, 2.45) is 13.0 Å². The van der Waals surface area contributed by atoms with Crippen molar-refractivity contribution in [1.82, 2.24) is 14.7 Å². The first-order valence-corrected chi connectivity index (χ1v) is 6.57. The molecule has 1 aliphatic rings. The van der Waals surface area contributed by atoms with E-state index in [1.807, 2.05) is 0 Å². The van der Waals surface area contributed by atoms with Gasteiger partial charge in [0.15, 0.2) is 0 Å². The topological polar surface area (TPSA) is 64.4 Å². The third kappa shape index (κ3) is 3.13. The molecule has 0 aromatic carbocycles. The SMILES string of the molecule is CCOC(=O)C1CCN(C(=O)c2ccn(C)n2)CC1. The summed E-state index contributed by atoms with van der Waals surface area (Å²) in [5.41, 5.74) is 0.456. The monoisotopic (exact) mass is 265 g/mol. The molecule has 1 aliphatic heterocycles. The standard InChI is InChI=1S/C13H19N3O3/c1-3-19-13(18)10-4-8-16(9-5-10)12(17)11-6-7-15(2)14-11/h6-7,10H,3-5,8-9H2,1-2H3. The first-order chi connectivity index (χ1) is 9.11. The molecular formula is C13H19N3O3. The molecule has 0 unspecified atom stereocenters. The van der Waals surface area contributed by atoms with Crippen molar-refractivity contribution in [3.05, 3.63) is 18.0 Å². The molecule has 6 nitrogen and oxygen atoms in total. The number of aromatic nitrogens is 2. The van der Waals surface area contributed by atoms with Crippen LogP contribution >= 0.6 is 0 Å². The second-order valence-electron chi connectivity index (χ2n) is 4.69. The smallest absolute Gasteiger partial charge is 0.309 e. The Kier molecular flexibility index (Phi) is 4.19. The largest absolute Gasteiger partial charge is 0.466 e. The van der Waals surface area contributed by atoms with Crippen LogP contribution in [-0.2, 0) is 16.6 Å². The molecule has 0 N–H and O–H groups in total. The van der Waals surface area contributed by atoms with E-state index in [9.17, 15) is 9.59 Å². The molecule has 6 heteroatoms. The lowest BCUT2D eigenvalue weighted by molar-refractivity contribution is -0.149. The number of carbonyl (C=O) groups is 2. The molecule has 19 heavy (non-hydrogen) atoms. The van der Waals surface area contributed by atoms with E-state index < -0.39 is 0 Å². The Hall–Kier alpha value is -1.85. The van der Waals surface area contributed by atoms with Crippen LogP contribution in [0.3, 0.4) is 0 Å². The molecule has 1 aromatic heterocycles. The van der Waals surface area contributed by atoms with Crippen molar-refractivity contribution in [2.75, 3.05) is 19.7 Å². The van der Waals surface area contributed by atoms with Gasteiger partial charge in [0, 0.05) is 26.3 Å². The number of amides is 1. The van der Waals surface area contributed by atoms with Gasteiger partial charge in [0.2, 0.25) is 0 Å². The van der Waals surface area contributed by atoms with E-state index in [4.69, 9.17) is 4.74 Å². The van der Waals surface area contributed by atoms with Crippen LogP contribution in [-0.4, -0.2) is 46.3 Å². The summed E-state index contributed by atoms with van der Waals surface area (Å²) in [7, 11) is 1.78. The number of rotatable bonds is 3. The Morgan fingerprint density at radius 1 is 1.42 bits per heavy atom. The Balaban J connectivity index is 1.89. The maximum Gasteiger partial charge on any atom is 0.309 e. The third-order valence-electron chi connectivity index (χ3n) is 3.33. The molecule has 1 fully saturated rings. The first kappa shape index (κ1) is 13.6. The summed E-state index contributed by atoms with van der Waals surface area (Å²) in [5.74, 6) is -0.289. The fourth-order valence-corrected chi connectivity index (χ4v) is 2.27. The Bertz CT molecular complexity index is 461. The zero-order chi connectivity index (χ0) is 13.8. The molecular weight excluding hydrogens is 246 g/mol. The summed E-state index contributed by atoms with van der Waals surface area (Å²) < 4.78 is 6.62. The number of nitrogens with zero attached hydrogens (tertiary/aromatic N) is 3. The molecule has 0 spiro atoms. The Labute approximate surface area is 112 Å². The highest BCUT2D eigenvalue weighted by molar-refractivity contribution is 5.92. The van der Waals surface area contributed by atoms with Gasteiger partial charge in [-0.2, -0.15) is 5.10 Å². The van der Waals surface area contributed by atoms with E-state index in [1.165, 1.54) is 0 Å². The van der Waals surface area contributed by atoms with Crippen molar-refractivity contribution >= 4 is 11.9 Å². The highest BCUT2D eigenvalue weighted by atomic mass is 16.5. The highest BCUT2D eigenvalue weighted by Crippen LogP contribution is 2.19. The number of carbonyl (C=O) groups excluding carboxylic acids is 2. The van der Waals surface area contributed by atoms with Gasteiger partial charge in [-0.1, -0.05) is 0 Å². The van der Waals surface area contributed by atoms with Gasteiger partial charge in [0.05, 0.1) is 12.5 Å². The number of aryl methyl sites for hydroxylation is 1. The van der Waals surface area contributed by atoms with Gasteiger partial charge in [-0.15, -0.1) is 0 Å². The Morgan fingerprint density at radius 3 is 2.63 bits per heavy atom. The van der Waals surface area contributed by atoms with E-state index in [1.54, 1.807) is 35.8 Å². The van der Waals surface area contributed by atoms with Crippen LogP contribution in [0.1, 0.15) is 30.3 Å². The summed E-state index contributed by atoms with van der Waals surface area (Å²) in [6, 6.07) is 1.71. The summed E-state index contributed by atoms with van der Waals surface area (Å²) in [4.78, 5) is 25.5. The van der Waals surface area contributed by atoms with Crippen LogP contribution in [0.15, 0.2) is 12.3 Å². The van der Waals surface area contributed by atoms with E-state index in [-0.39, 0.29) is 17.8 Å². The molecule has 0 bridgehead atoms. The van der Waals surface area contributed by atoms with Crippen LogP contribution in [0.4, 0.5) is 0 Å². The van der Waals surface area contributed by atoms with Crippen molar-refractivity contribution in [3.63, 3.8) is 0 Å². The number of hydrogen-bond donors (Lipinski definition) is 0. The lowest BCUT2D eigenvalue weighted by Gasteiger charge is -2.30. The summed E-state index contributed by atoms with van der Waals surface area (Å²) in [6.07, 6.45) is 3.08. The molecule has 2 rings (SSSR count). The van der Waals surface area contributed by atoms with Gasteiger partial charge < -0.3 is 9.64 Å². The van der Waals surface area contributed by atoms with Gasteiger partial charge in [-0.25, -0.2) is 0 Å². The van der Waals surface area contributed by atoms with Gasteiger partial charge >= 0.3 is 5.97 Å². The quantitative estimate of drug-likeness (QED) is 0.760. The molecule has 0 atom stereocenters. The van der Waals surface area contributed by atoms with E-state index >= 15 is 0 Å². The minimum atomic E-state index is -0.146. The molecule has 2 heterocycles. The zero-order valence-corrected chi connectivity index (χ0v) is 11.3. The van der Waals surface area contributed by atoms with Crippen molar-refractivity contribution < 1.29 is 14.3 Å². The van der Waals surface area contributed by atoms with Gasteiger partial charge in [-0.3, -0.25) is 14.3 Å². The van der Waals surface area contributed by atoms with E-state index in [0.717, 1.165) is 0 Å². The lowest BCUT2D eigenvalue weighted by atomic mass is 9.97. The fraction of sp³-hybridized carbons (Fsp3) is 0.615. The average Bonchev–Trinajstić information content (AvgIpc) is 2.85. The molecule has 1 amide bonds. The predicted molar refractivity (Wildman–Crippen MR) is 68.5 cm³/mol. The van der Waals surface area contributed by atoms with Crippen LogP contribution in [0.25, 0.3) is 0 Å². The number of piperidine rings is 1. The van der Waals surface area contributed by atoms with Crippen LogP contribution < -0.4 is 0 Å². The minimum Gasteiger partial charge on any atom is -0.466 e. The van der Waals surface area contributed by atoms with Gasteiger partial charge in [-0.05, 0) is 25.8 Å². The summed E-state index contributed by atoms with van der Waals surface area (Å²) in [6.45, 7) is 3.38. The summed E-state index contributed by atoms with van der Waals surface area (Å²) >= 11 is 0. The highest BCUT2D eigenvalue weighted by Gasteiger charge is 2.29. The average molecular weight is 265 g/mol. The zero-order valence-electron chi connectivity index (χ0n) is 11.3. The van der Waals surface area contributed by atoms with E-state index in [2.05, 4.69) is 5.10 Å². The van der Waals surface area contributed by atoms with Crippen molar-refractivity contribution in [3.8, 4) is 0 Å². The number of likely N-dealkylation sites (tertiary alicyclic amines) is 1. The number of ether oxygens (including phenoxy) is 1. The molecule has 1 aromatic rings. The maximum absolute atomic E-state index is 12.1. The van der Waals surface area contributed by atoms with Crippen LogP contribution in [0.2, 0.25) is 0 Å². The minimum absolute atomic E-state index is 0.0668. The lowest BCUT2D eigenvalue weighted by Crippen LogP contribution is -2.40. The molecule has 1 saturated heterocycles. The normalized spacial score (nSPS) is 16.4.